The average Bonchev–Trinajstić information content (AvgIpc) is 2.78. The van der Waals surface area contributed by atoms with Crippen LogP contribution in [0, 0.1) is 0 Å². The quantitative estimate of drug-likeness (QED) is 0.637. The van der Waals surface area contributed by atoms with Gasteiger partial charge in [0.2, 0.25) is 5.91 Å². The largest absolute Gasteiger partial charge is 0.325 e. The predicted octanol–water partition coefficient (Wildman–Crippen LogP) is 2.84. The summed E-state index contributed by atoms with van der Waals surface area (Å²) in [6, 6.07) is 0.0581. The van der Waals surface area contributed by atoms with Crippen LogP contribution in [0.25, 0.3) is 0 Å². The van der Waals surface area contributed by atoms with Crippen LogP contribution in [-0.4, -0.2) is 54.1 Å². The molecule has 1 amide bonds. The minimum atomic E-state index is 0.0581. The molecular weight excluding hydrogens is 262 g/mol. The van der Waals surface area contributed by atoms with Crippen molar-refractivity contribution >= 4 is 5.91 Å². The molecule has 4 heteroatoms. The molecule has 0 aromatic heterocycles. The third kappa shape index (κ3) is 5.59. The van der Waals surface area contributed by atoms with E-state index in [9.17, 15) is 4.79 Å². The lowest BCUT2D eigenvalue weighted by Crippen LogP contribution is -2.42. The average molecular weight is 297 g/mol. The number of hydrogen-bond donors (Lipinski definition) is 1. The Balaban J connectivity index is 2.56. The number of amides is 1. The van der Waals surface area contributed by atoms with E-state index in [-0.39, 0.29) is 12.2 Å². The summed E-state index contributed by atoms with van der Waals surface area (Å²) >= 11 is 0. The van der Waals surface area contributed by atoms with Crippen LogP contribution in [0.3, 0.4) is 0 Å². The Labute approximate surface area is 131 Å². The minimum Gasteiger partial charge on any atom is -0.325 e. The third-order valence-corrected chi connectivity index (χ3v) is 4.40. The van der Waals surface area contributed by atoms with Gasteiger partial charge in [0.05, 0.1) is 12.2 Å². The molecule has 1 aliphatic rings. The molecule has 0 radical (unpaired) electrons. The van der Waals surface area contributed by atoms with Crippen LogP contribution in [-0.2, 0) is 4.79 Å². The topological polar surface area (TPSA) is 35.6 Å². The maximum absolute atomic E-state index is 12.6. The van der Waals surface area contributed by atoms with Crippen LogP contribution in [0.15, 0.2) is 0 Å². The molecule has 1 N–H and O–H groups in total. The molecular formula is C17H35N3O. The summed E-state index contributed by atoms with van der Waals surface area (Å²) in [5.74, 6) is 0.328. The Morgan fingerprint density at radius 1 is 1.05 bits per heavy atom. The number of hydrogen-bond acceptors (Lipinski definition) is 3. The lowest BCUT2D eigenvalue weighted by atomic mass is 10.1. The molecule has 1 heterocycles. The molecule has 0 aromatic carbocycles. The Bertz CT molecular complexity index is 296. The Morgan fingerprint density at radius 3 is 2.38 bits per heavy atom. The lowest BCUT2D eigenvalue weighted by Gasteiger charge is -2.27. The number of rotatable bonds is 11. The molecule has 4 nitrogen and oxygen atoms in total. The van der Waals surface area contributed by atoms with Gasteiger partial charge in [-0.25, -0.2) is 0 Å². The number of likely N-dealkylation sites (N-methyl/N-ethyl adjacent to an activating group) is 1. The zero-order valence-electron chi connectivity index (χ0n) is 14.5. The summed E-state index contributed by atoms with van der Waals surface area (Å²) in [6.45, 7) is 12.9. The van der Waals surface area contributed by atoms with E-state index >= 15 is 0 Å². The fourth-order valence-electron chi connectivity index (χ4n) is 3.13. The van der Waals surface area contributed by atoms with Crippen molar-refractivity contribution < 1.29 is 4.79 Å². The summed E-state index contributed by atoms with van der Waals surface area (Å²) in [4.78, 5) is 17.1. The van der Waals surface area contributed by atoms with Crippen LogP contribution < -0.4 is 5.32 Å². The van der Waals surface area contributed by atoms with E-state index in [1.807, 2.05) is 0 Å². The van der Waals surface area contributed by atoms with E-state index in [2.05, 4.69) is 42.8 Å². The first-order valence-corrected chi connectivity index (χ1v) is 8.96. The fraction of sp³-hybridized carbons (Fsp3) is 0.941. The molecule has 0 bridgehead atoms. The van der Waals surface area contributed by atoms with Crippen LogP contribution in [0.5, 0.6) is 0 Å². The standard InChI is InChI=1S/C17H35N3O/c1-5-9-11-15-17(21)20(16(18-15)10-6-2)14-13-19(8-4)12-7-3/h15-16,18H,5-14H2,1-4H3. The normalized spacial score (nSPS) is 22.5. The maximum Gasteiger partial charge on any atom is 0.241 e. The monoisotopic (exact) mass is 297 g/mol. The van der Waals surface area contributed by atoms with E-state index in [1.165, 1.54) is 6.42 Å². The molecule has 2 atom stereocenters. The Morgan fingerprint density at radius 2 is 1.81 bits per heavy atom. The molecule has 0 aromatic rings. The van der Waals surface area contributed by atoms with Crippen molar-refractivity contribution in [3.05, 3.63) is 0 Å². The van der Waals surface area contributed by atoms with Crippen LogP contribution in [0.2, 0.25) is 0 Å². The molecule has 1 fully saturated rings. The molecule has 1 aliphatic heterocycles. The van der Waals surface area contributed by atoms with Crippen LogP contribution in [0.1, 0.15) is 66.2 Å². The summed E-state index contributed by atoms with van der Waals surface area (Å²) < 4.78 is 0. The second kappa shape index (κ2) is 10.2. The van der Waals surface area contributed by atoms with Gasteiger partial charge in [0.1, 0.15) is 0 Å². The smallest absolute Gasteiger partial charge is 0.241 e. The summed E-state index contributed by atoms with van der Waals surface area (Å²) in [5.41, 5.74) is 0. The van der Waals surface area contributed by atoms with Crippen molar-refractivity contribution in [2.45, 2.75) is 78.4 Å². The SMILES string of the molecule is CCCCC1NC(CCC)N(CCN(CC)CCC)C1=O. The van der Waals surface area contributed by atoms with E-state index in [4.69, 9.17) is 0 Å². The maximum atomic E-state index is 12.6. The minimum absolute atomic E-state index is 0.0581. The van der Waals surface area contributed by atoms with E-state index in [0.717, 1.165) is 58.3 Å². The van der Waals surface area contributed by atoms with Gasteiger partial charge < -0.3 is 9.80 Å². The molecule has 21 heavy (non-hydrogen) atoms. The predicted molar refractivity (Wildman–Crippen MR) is 89.3 cm³/mol. The van der Waals surface area contributed by atoms with Gasteiger partial charge in [-0.05, 0) is 32.4 Å². The molecule has 1 rings (SSSR count). The highest BCUT2D eigenvalue weighted by Gasteiger charge is 2.37. The van der Waals surface area contributed by atoms with Crippen LogP contribution >= 0.6 is 0 Å². The Hall–Kier alpha value is -0.610. The second-order valence-corrected chi connectivity index (χ2v) is 6.13. The summed E-state index contributed by atoms with van der Waals surface area (Å²) in [7, 11) is 0. The third-order valence-electron chi connectivity index (χ3n) is 4.40. The van der Waals surface area contributed by atoms with Crippen LogP contribution in [0.4, 0.5) is 0 Å². The number of nitrogens with one attached hydrogen (secondary N) is 1. The number of nitrogens with zero attached hydrogens (tertiary/aromatic N) is 2. The molecule has 124 valence electrons. The van der Waals surface area contributed by atoms with Gasteiger partial charge in [0.25, 0.3) is 0 Å². The van der Waals surface area contributed by atoms with Crippen molar-refractivity contribution in [1.82, 2.24) is 15.1 Å². The zero-order chi connectivity index (χ0) is 15.7. The van der Waals surface area contributed by atoms with Crippen molar-refractivity contribution in [2.24, 2.45) is 0 Å². The van der Waals surface area contributed by atoms with Gasteiger partial charge in [-0.15, -0.1) is 0 Å². The highest BCUT2D eigenvalue weighted by atomic mass is 16.2. The van der Waals surface area contributed by atoms with E-state index in [0.29, 0.717) is 5.91 Å². The zero-order valence-corrected chi connectivity index (χ0v) is 14.5. The van der Waals surface area contributed by atoms with Crippen molar-refractivity contribution in [1.29, 1.82) is 0 Å². The fourth-order valence-corrected chi connectivity index (χ4v) is 3.13. The highest BCUT2D eigenvalue weighted by molar-refractivity contribution is 5.84. The molecule has 0 saturated carbocycles. The van der Waals surface area contributed by atoms with Crippen molar-refractivity contribution in [2.75, 3.05) is 26.2 Å². The highest BCUT2D eigenvalue weighted by Crippen LogP contribution is 2.18. The lowest BCUT2D eigenvalue weighted by molar-refractivity contribution is -0.130. The molecule has 2 unspecified atom stereocenters. The van der Waals surface area contributed by atoms with Gasteiger partial charge in [-0.1, -0.05) is 47.0 Å². The van der Waals surface area contributed by atoms with Gasteiger partial charge in [0.15, 0.2) is 0 Å². The Kier molecular flexibility index (Phi) is 8.93. The van der Waals surface area contributed by atoms with E-state index < -0.39 is 0 Å². The summed E-state index contributed by atoms with van der Waals surface area (Å²) in [5, 5.41) is 3.56. The first-order valence-electron chi connectivity index (χ1n) is 8.96. The second-order valence-electron chi connectivity index (χ2n) is 6.13. The number of carbonyl (C=O) groups is 1. The number of carbonyl (C=O) groups excluding carboxylic acids is 1. The molecule has 0 spiro atoms. The van der Waals surface area contributed by atoms with Crippen molar-refractivity contribution in [3.63, 3.8) is 0 Å². The van der Waals surface area contributed by atoms with Gasteiger partial charge in [-0.3, -0.25) is 10.1 Å². The van der Waals surface area contributed by atoms with Gasteiger partial charge in [0, 0.05) is 13.1 Å². The first kappa shape index (κ1) is 18.4. The van der Waals surface area contributed by atoms with E-state index in [1.54, 1.807) is 0 Å². The van der Waals surface area contributed by atoms with Gasteiger partial charge >= 0.3 is 0 Å². The summed E-state index contributed by atoms with van der Waals surface area (Å²) in [6.07, 6.45) is 6.89. The van der Waals surface area contributed by atoms with Gasteiger partial charge in [-0.2, -0.15) is 0 Å². The van der Waals surface area contributed by atoms with Crippen molar-refractivity contribution in [3.8, 4) is 0 Å². The number of unbranched alkanes of at least 4 members (excludes halogenated alkanes) is 1. The first-order chi connectivity index (χ1) is 10.2. The molecule has 0 aliphatic carbocycles. The molecule has 1 saturated heterocycles.